The van der Waals surface area contributed by atoms with Gasteiger partial charge in [0.1, 0.15) is 5.92 Å². The summed E-state index contributed by atoms with van der Waals surface area (Å²) >= 11 is 0. The zero-order chi connectivity index (χ0) is 21.5. The number of ketones is 1. The van der Waals surface area contributed by atoms with Crippen molar-refractivity contribution in [3.05, 3.63) is 83.6 Å². The van der Waals surface area contributed by atoms with Crippen molar-refractivity contribution in [3.8, 4) is 0 Å². The van der Waals surface area contributed by atoms with E-state index < -0.39 is 11.9 Å². The standard InChI is InChI=1S/C26H24N2O3/c1-15-13-21-23(25(29)22(15)26(30)31-2)24(28-20-10-6-5-9-19(20)27-21)18-12-11-16-7-3-4-8-17(16)14-18/h3-12,14-15,22,24,27-28H,13H2,1-2H3/t15-,22+,24-/m1/s1. The number of para-hydroxylation sites is 2. The Hall–Kier alpha value is -3.60. The number of fused-ring (bicyclic) bond motifs is 2. The van der Waals surface area contributed by atoms with Gasteiger partial charge in [0.25, 0.3) is 0 Å². The summed E-state index contributed by atoms with van der Waals surface area (Å²) in [7, 11) is 1.34. The van der Waals surface area contributed by atoms with Crippen LogP contribution in [-0.4, -0.2) is 18.9 Å². The molecule has 1 aliphatic heterocycles. The minimum absolute atomic E-state index is 0.145. The molecule has 2 aliphatic rings. The van der Waals surface area contributed by atoms with E-state index in [1.807, 2.05) is 43.3 Å². The van der Waals surface area contributed by atoms with Gasteiger partial charge >= 0.3 is 5.97 Å². The van der Waals surface area contributed by atoms with Crippen LogP contribution >= 0.6 is 0 Å². The number of ether oxygens (including phenoxy) is 1. The van der Waals surface area contributed by atoms with Gasteiger partial charge in [-0.3, -0.25) is 9.59 Å². The Labute approximate surface area is 181 Å². The quantitative estimate of drug-likeness (QED) is 0.454. The van der Waals surface area contributed by atoms with Crippen LogP contribution in [0.1, 0.15) is 24.9 Å². The van der Waals surface area contributed by atoms with E-state index in [-0.39, 0.29) is 17.7 Å². The fourth-order valence-corrected chi connectivity index (χ4v) is 4.77. The van der Waals surface area contributed by atoms with E-state index >= 15 is 0 Å². The molecule has 1 aliphatic carbocycles. The van der Waals surface area contributed by atoms with Gasteiger partial charge in [0, 0.05) is 11.3 Å². The van der Waals surface area contributed by atoms with Crippen LogP contribution in [0.5, 0.6) is 0 Å². The van der Waals surface area contributed by atoms with Crippen molar-refractivity contribution in [2.24, 2.45) is 11.8 Å². The molecule has 0 bridgehead atoms. The minimum Gasteiger partial charge on any atom is -0.468 e. The van der Waals surface area contributed by atoms with Crippen LogP contribution in [0.3, 0.4) is 0 Å². The first kappa shape index (κ1) is 19.4. The molecule has 2 N–H and O–H groups in total. The zero-order valence-corrected chi connectivity index (χ0v) is 17.5. The molecule has 0 fully saturated rings. The van der Waals surface area contributed by atoms with Gasteiger partial charge in [-0.05, 0) is 46.9 Å². The third kappa shape index (κ3) is 3.26. The molecular weight excluding hydrogens is 388 g/mol. The van der Waals surface area contributed by atoms with E-state index in [1.165, 1.54) is 7.11 Å². The Bertz CT molecular complexity index is 1230. The molecule has 5 nitrogen and oxygen atoms in total. The van der Waals surface area contributed by atoms with Gasteiger partial charge in [0.05, 0.1) is 24.5 Å². The van der Waals surface area contributed by atoms with Gasteiger partial charge in [0.2, 0.25) is 0 Å². The average Bonchev–Trinajstić information content (AvgIpc) is 2.95. The second-order valence-electron chi connectivity index (χ2n) is 8.29. The van der Waals surface area contributed by atoms with Crippen molar-refractivity contribution in [1.29, 1.82) is 0 Å². The maximum atomic E-state index is 13.7. The third-order valence-electron chi connectivity index (χ3n) is 6.33. The van der Waals surface area contributed by atoms with Gasteiger partial charge in [0.15, 0.2) is 5.78 Å². The predicted molar refractivity (Wildman–Crippen MR) is 122 cm³/mol. The molecule has 0 unspecified atom stereocenters. The van der Waals surface area contributed by atoms with Crippen molar-refractivity contribution in [3.63, 3.8) is 0 Å². The molecule has 1 heterocycles. The number of methoxy groups -OCH3 is 1. The van der Waals surface area contributed by atoms with Crippen molar-refractivity contribution < 1.29 is 14.3 Å². The Morgan fingerprint density at radius 1 is 0.968 bits per heavy atom. The minimum atomic E-state index is -0.795. The van der Waals surface area contributed by atoms with E-state index in [1.54, 1.807) is 0 Å². The second-order valence-corrected chi connectivity index (χ2v) is 8.29. The van der Waals surface area contributed by atoms with E-state index in [2.05, 4.69) is 41.0 Å². The molecule has 0 aromatic heterocycles. The smallest absolute Gasteiger partial charge is 0.316 e. The van der Waals surface area contributed by atoms with E-state index in [0.717, 1.165) is 33.4 Å². The first-order valence-electron chi connectivity index (χ1n) is 10.5. The lowest BCUT2D eigenvalue weighted by Gasteiger charge is -2.32. The number of allylic oxidation sites excluding steroid dienone is 1. The monoisotopic (exact) mass is 412 g/mol. The van der Waals surface area contributed by atoms with Crippen LogP contribution in [-0.2, 0) is 14.3 Å². The summed E-state index contributed by atoms with van der Waals surface area (Å²) in [4.78, 5) is 26.2. The molecule has 0 radical (unpaired) electrons. The summed E-state index contributed by atoms with van der Waals surface area (Å²) in [6.07, 6.45) is 0.598. The third-order valence-corrected chi connectivity index (χ3v) is 6.33. The molecule has 31 heavy (non-hydrogen) atoms. The van der Waals surface area contributed by atoms with Gasteiger partial charge in [-0.15, -0.1) is 0 Å². The summed E-state index contributed by atoms with van der Waals surface area (Å²) < 4.78 is 4.98. The fraction of sp³-hybridized carbons (Fsp3) is 0.231. The van der Waals surface area contributed by atoms with Gasteiger partial charge in [-0.1, -0.05) is 55.5 Å². The van der Waals surface area contributed by atoms with Crippen molar-refractivity contribution in [2.75, 3.05) is 17.7 Å². The van der Waals surface area contributed by atoms with Gasteiger partial charge in [-0.2, -0.15) is 0 Å². The first-order chi connectivity index (χ1) is 15.1. The van der Waals surface area contributed by atoms with Crippen LogP contribution in [0.25, 0.3) is 10.8 Å². The van der Waals surface area contributed by atoms with E-state index in [0.29, 0.717) is 12.0 Å². The number of carbonyl (C=O) groups is 2. The molecule has 5 heteroatoms. The van der Waals surface area contributed by atoms with E-state index in [4.69, 9.17) is 4.74 Å². The number of anilines is 2. The highest BCUT2D eigenvalue weighted by Gasteiger charge is 2.44. The van der Waals surface area contributed by atoms with Crippen LogP contribution in [0, 0.1) is 11.8 Å². The second kappa shape index (κ2) is 7.58. The number of nitrogens with one attached hydrogen (secondary N) is 2. The normalized spacial score (nSPS) is 22.6. The lowest BCUT2D eigenvalue weighted by atomic mass is 9.74. The number of benzene rings is 3. The highest BCUT2D eigenvalue weighted by atomic mass is 16.5. The van der Waals surface area contributed by atoms with Crippen LogP contribution in [0.2, 0.25) is 0 Å². The molecular formula is C26H24N2O3. The Morgan fingerprint density at radius 2 is 1.68 bits per heavy atom. The Balaban J connectivity index is 1.69. The van der Waals surface area contributed by atoms with Crippen molar-refractivity contribution in [1.82, 2.24) is 0 Å². The molecule has 0 saturated heterocycles. The molecule has 0 amide bonds. The van der Waals surface area contributed by atoms with Crippen LogP contribution < -0.4 is 10.6 Å². The number of esters is 1. The molecule has 3 aromatic carbocycles. The summed E-state index contributed by atoms with van der Waals surface area (Å²) in [5.74, 6) is -1.58. The fourth-order valence-electron chi connectivity index (χ4n) is 4.77. The molecule has 5 rings (SSSR count). The van der Waals surface area contributed by atoms with Gasteiger partial charge < -0.3 is 15.4 Å². The van der Waals surface area contributed by atoms with Crippen molar-refractivity contribution in [2.45, 2.75) is 19.4 Å². The number of Topliss-reactive ketones (excluding diaryl/α,β-unsaturated/α-hetero) is 1. The lowest BCUT2D eigenvalue weighted by molar-refractivity contribution is -0.151. The molecule has 3 atom stereocenters. The summed E-state index contributed by atoms with van der Waals surface area (Å²) in [6.45, 7) is 1.93. The van der Waals surface area contributed by atoms with Crippen molar-refractivity contribution >= 4 is 33.9 Å². The van der Waals surface area contributed by atoms with Crippen LogP contribution in [0.15, 0.2) is 78.0 Å². The summed E-state index contributed by atoms with van der Waals surface area (Å²) in [6, 6.07) is 22.0. The molecule has 0 saturated carbocycles. The van der Waals surface area contributed by atoms with Crippen LogP contribution in [0.4, 0.5) is 11.4 Å². The average molecular weight is 412 g/mol. The molecule has 156 valence electrons. The number of hydrogen-bond donors (Lipinski definition) is 2. The largest absolute Gasteiger partial charge is 0.468 e. The zero-order valence-electron chi connectivity index (χ0n) is 17.5. The summed E-state index contributed by atoms with van der Waals surface area (Å²) in [5, 5.41) is 9.30. The number of carbonyl (C=O) groups excluding carboxylic acids is 2. The molecule has 0 spiro atoms. The van der Waals surface area contributed by atoms with E-state index in [9.17, 15) is 9.59 Å². The Morgan fingerprint density at radius 3 is 2.45 bits per heavy atom. The number of rotatable bonds is 2. The predicted octanol–water partition coefficient (Wildman–Crippen LogP) is 5.07. The van der Waals surface area contributed by atoms with Gasteiger partial charge in [-0.25, -0.2) is 0 Å². The number of hydrogen-bond acceptors (Lipinski definition) is 5. The maximum absolute atomic E-state index is 13.7. The topological polar surface area (TPSA) is 67.4 Å². The summed E-state index contributed by atoms with van der Waals surface area (Å²) in [5.41, 5.74) is 4.31. The highest BCUT2D eigenvalue weighted by Crippen LogP contribution is 2.44. The lowest BCUT2D eigenvalue weighted by Crippen LogP contribution is -2.39. The highest BCUT2D eigenvalue weighted by molar-refractivity contribution is 6.11. The Kier molecular flexibility index (Phi) is 4.74. The SMILES string of the molecule is COC(=O)[C@@H]1C(=O)C2=C(C[C@H]1C)Nc1ccccc1N[C@@H]2c1ccc2ccccc2c1. The maximum Gasteiger partial charge on any atom is 0.316 e. The molecule has 3 aromatic rings. The first-order valence-corrected chi connectivity index (χ1v) is 10.5.